The molecule has 0 unspecified atom stereocenters. The molecule has 44 heavy (non-hydrogen) atoms. The van der Waals surface area contributed by atoms with Gasteiger partial charge in [-0.2, -0.15) is 13.2 Å². The Bertz CT molecular complexity index is 1570. The van der Waals surface area contributed by atoms with Crippen LogP contribution in [-0.2, 0) is 31.8 Å². The van der Waals surface area contributed by atoms with Gasteiger partial charge in [0.2, 0.25) is 11.8 Å². The number of ether oxygens (including phenoxy) is 1. The summed E-state index contributed by atoms with van der Waals surface area (Å²) in [7, 11) is 0. The summed E-state index contributed by atoms with van der Waals surface area (Å²) < 4.78 is 44.7. The second-order valence-corrected chi connectivity index (χ2v) is 11.8. The summed E-state index contributed by atoms with van der Waals surface area (Å²) in [5, 5.41) is 2.61. The van der Waals surface area contributed by atoms with E-state index < -0.39 is 53.8 Å². The van der Waals surface area contributed by atoms with Crippen molar-refractivity contribution in [3.63, 3.8) is 0 Å². The maximum Gasteiger partial charge on any atom is 0.416 e. The number of alkyl halides is 3. The van der Waals surface area contributed by atoms with E-state index in [9.17, 15) is 32.3 Å². The number of halogens is 3. The highest BCUT2D eigenvalue weighted by Gasteiger charge is 2.58. The van der Waals surface area contributed by atoms with Crippen LogP contribution in [0.15, 0.2) is 91.0 Å². The van der Waals surface area contributed by atoms with Gasteiger partial charge >= 0.3 is 28.6 Å². The number of β-lactam (4-membered cyclic amide) rings is 1. The minimum atomic E-state index is -4.55. The average Bonchev–Trinajstić information content (AvgIpc) is 3.38. The summed E-state index contributed by atoms with van der Waals surface area (Å²) in [4.78, 5) is 55.4. The fourth-order valence-electron chi connectivity index (χ4n) is 5.56. The number of likely N-dealkylation sites (tertiary alicyclic amines) is 1. The lowest BCUT2D eigenvalue weighted by molar-refractivity contribution is -0.163. The molecule has 1 N–H and O–H groups in total. The quantitative estimate of drug-likeness (QED) is 0.276. The summed E-state index contributed by atoms with van der Waals surface area (Å²) in [5.41, 5.74) is 0.954. The van der Waals surface area contributed by atoms with Crippen molar-refractivity contribution < 1.29 is 37.1 Å². The van der Waals surface area contributed by atoms with E-state index in [0.717, 1.165) is 23.3 Å². The number of hydrogen-bond donors (Lipinski definition) is 1. The third kappa shape index (κ3) is 6.72. The van der Waals surface area contributed by atoms with Gasteiger partial charge in [0.1, 0.15) is 18.7 Å². The van der Waals surface area contributed by atoms with Crippen molar-refractivity contribution in [3.05, 3.63) is 113 Å². The first-order valence-electron chi connectivity index (χ1n) is 14.0. The fraction of sp³-hybridized carbons (Fsp3) is 0.250. The smallest absolute Gasteiger partial charge is 0.416 e. The summed E-state index contributed by atoms with van der Waals surface area (Å²) in [6, 6.07) is 19.4. The molecular formula is C32H29AlF3N3O5. The van der Waals surface area contributed by atoms with Gasteiger partial charge in [-0.25, -0.2) is 4.79 Å². The Morgan fingerprint density at radius 1 is 1.00 bits per heavy atom. The molecule has 4 atom stereocenters. The van der Waals surface area contributed by atoms with Crippen molar-refractivity contribution >= 4 is 44.9 Å². The summed E-state index contributed by atoms with van der Waals surface area (Å²) in [6.07, 6.45) is -1.98. The first kappa shape index (κ1) is 31.0. The van der Waals surface area contributed by atoms with Crippen molar-refractivity contribution in [2.75, 3.05) is 6.61 Å². The van der Waals surface area contributed by atoms with E-state index in [1.807, 2.05) is 60.7 Å². The maximum atomic E-state index is 13.9. The van der Waals surface area contributed by atoms with Crippen molar-refractivity contribution in [3.8, 4) is 0 Å². The summed E-state index contributed by atoms with van der Waals surface area (Å²) in [5.74, 6) is -1.21. The maximum absolute atomic E-state index is 13.9. The number of nitrogens with one attached hydrogen (secondary N) is 1. The van der Waals surface area contributed by atoms with Gasteiger partial charge in [-0.15, -0.1) is 0 Å². The second kappa shape index (κ2) is 13.1. The SMILES string of the molecule is O=[C]([AlH2])C[C@H](C(=O)NCc1cccc(C(F)(F)F)c1)N1C(=O)[C@@H](N2C(=O)OC[C@@H]2c2ccccc2)[C@H]1/C=C/c1ccccc1. The molecule has 0 radical (unpaired) electrons. The van der Waals surface area contributed by atoms with Gasteiger partial charge in [-0.1, -0.05) is 84.9 Å². The van der Waals surface area contributed by atoms with Crippen LogP contribution in [-0.4, -0.2) is 73.4 Å². The second-order valence-electron chi connectivity index (χ2n) is 10.7. The van der Waals surface area contributed by atoms with E-state index in [2.05, 4.69) is 5.32 Å². The van der Waals surface area contributed by atoms with E-state index in [1.165, 1.54) is 21.9 Å². The molecule has 2 aliphatic rings. The molecule has 0 saturated carbocycles. The van der Waals surface area contributed by atoms with Gasteiger partial charge in [0.25, 0.3) is 0 Å². The Kier molecular flexibility index (Phi) is 9.23. The van der Waals surface area contributed by atoms with Crippen molar-refractivity contribution in [1.82, 2.24) is 15.1 Å². The number of benzene rings is 3. The van der Waals surface area contributed by atoms with E-state index in [-0.39, 0.29) is 46.1 Å². The third-order valence-electron chi connectivity index (χ3n) is 7.67. The van der Waals surface area contributed by atoms with Crippen molar-refractivity contribution in [1.29, 1.82) is 0 Å². The Morgan fingerprint density at radius 2 is 1.68 bits per heavy atom. The number of nitrogens with zero attached hydrogens (tertiary/aromatic N) is 2. The molecule has 0 aromatic heterocycles. The first-order valence-corrected chi connectivity index (χ1v) is 15.0. The normalized spacial score (nSPS) is 20.8. The molecule has 0 bridgehead atoms. The minimum Gasteiger partial charge on any atom is -0.447 e. The molecule has 3 aromatic carbocycles. The molecule has 8 nitrogen and oxygen atoms in total. The zero-order chi connectivity index (χ0) is 31.4. The van der Waals surface area contributed by atoms with Crippen molar-refractivity contribution in [2.45, 2.75) is 43.3 Å². The lowest BCUT2D eigenvalue weighted by Gasteiger charge is -2.52. The van der Waals surface area contributed by atoms with Crippen LogP contribution in [0.25, 0.3) is 6.08 Å². The fourth-order valence-corrected chi connectivity index (χ4v) is 5.95. The number of rotatable bonds is 10. The van der Waals surface area contributed by atoms with Gasteiger partial charge in [0, 0.05) is 17.6 Å². The van der Waals surface area contributed by atoms with Crippen LogP contribution in [0.1, 0.15) is 34.7 Å². The van der Waals surface area contributed by atoms with Crippen molar-refractivity contribution in [2.24, 2.45) is 0 Å². The molecule has 2 fully saturated rings. The van der Waals surface area contributed by atoms with E-state index in [1.54, 1.807) is 12.2 Å². The molecule has 3 amide bonds. The number of cyclic esters (lactones) is 1. The van der Waals surface area contributed by atoms with Gasteiger partial charge in [-0.05, 0) is 28.8 Å². The molecule has 2 saturated heterocycles. The molecular weight excluding hydrogens is 590 g/mol. The lowest BCUT2D eigenvalue weighted by atomic mass is 9.87. The number of carbonyl (C=O) groups is 4. The van der Waals surface area contributed by atoms with Gasteiger partial charge in [-0.3, -0.25) is 14.5 Å². The van der Waals surface area contributed by atoms with Crippen LogP contribution in [0, 0.1) is 0 Å². The predicted octanol–water partition coefficient (Wildman–Crippen LogP) is 3.73. The number of hydrogen-bond acceptors (Lipinski definition) is 5. The van der Waals surface area contributed by atoms with Gasteiger partial charge in [0.15, 0.2) is 0 Å². The standard InChI is InChI=1S/C32H27F3N3O5.Al.2H/c33-32(34,35)24-13-7-10-22(18-24)19-36-29(40)26(16-17-39)37-25(15-14-21-8-3-1-4-9-21)28(30(37)41)38-27(20-43-31(38)42)23-11-5-2-6-12-23;;;/h1-15,18,25-28H,16,19-20H2,(H,36,40);;;/b15-14+;;;/t25-,26-,27-,28+;;;/m1.../s1. The minimum absolute atomic E-state index is 0.0433. The van der Waals surface area contributed by atoms with Crippen LogP contribution >= 0.6 is 0 Å². The third-order valence-corrected chi connectivity index (χ3v) is 8.08. The molecule has 2 heterocycles. The Labute approximate surface area is 259 Å². The van der Waals surface area contributed by atoms with Crippen LogP contribution in [0.4, 0.5) is 18.0 Å². The predicted molar refractivity (Wildman–Crippen MR) is 158 cm³/mol. The van der Waals surface area contributed by atoms with E-state index in [4.69, 9.17) is 4.74 Å². The topological polar surface area (TPSA) is 96.0 Å². The molecule has 0 aliphatic carbocycles. The monoisotopic (exact) mass is 619 g/mol. The summed E-state index contributed by atoms with van der Waals surface area (Å²) in [6.45, 7) is -0.194. The molecule has 2 aliphatic heterocycles. The van der Waals surface area contributed by atoms with Crippen LogP contribution in [0.5, 0.6) is 0 Å². The molecule has 226 valence electrons. The van der Waals surface area contributed by atoms with E-state index >= 15 is 0 Å². The Balaban J connectivity index is 1.44. The van der Waals surface area contributed by atoms with Gasteiger partial charge < -0.3 is 19.7 Å². The lowest BCUT2D eigenvalue weighted by Crippen LogP contribution is -2.74. The molecule has 5 rings (SSSR count). The zero-order valence-corrected chi connectivity index (χ0v) is 25.7. The van der Waals surface area contributed by atoms with E-state index in [0.29, 0.717) is 0 Å². The van der Waals surface area contributed by atoms with Crippen LogP contribution in [0.2, 0.25) is 0 Å². The molecule has 3 aromatic rings. The molecule has 0 spiro atoms. The largest absolute Gasteiger partial charge is 0.447 e. The highest BCUT2D eigenvalue weighted by molar-refractivity contribution is 6.57. The van der Waals surface area contributed by atoms with Crippen LogP contribution < -0.4 is 5.32 Å². The average molecular weight is 620 g/mol. The Morgan fingerprint density at radius 3 is 2.34 bits per heavy atom. The number of amides is 3. The molecule has 12 heteroatoms. The highest BCUT2D eigenvalue weighted by Crippen LogP contribution is 2.39. The zero-order valence-electron chi connectivity index (χ0n) is 23.7. The number of carbonyl (C=O) groups excluding carboxylic acids is 4. The first-order chi connectivity index (χ1) is 21.0. The Hall–Kier alpha value is -4.40. The summed E-state index contributed by atoms with van der Waals surface area (Å²) >= 11 is 0.122. The highest BCUT2D eigenvalue weighted by atomic mass is 27.0. The van der Waals surface area contributed by atoms with Gasteiger partial charge in [0.05, 0.1) is 17.6 Å². The van der Waals surface area contributed by atoms with Crippen LogP contribution in [0.3, 0.4) is 0 Å².